The lowest BCUT2D eigenvalue weighted by Gasteiger charge is -2.30. The second-order valence-electron chi connectivity index (χ2n) is 7.77. The molecule has 2 aromatic rings. The van der Waals surface area contributed by atoms with Crippen LogP contribution in [0.4, 0.5) is 5.82 Å². The quantitative estimate of drug-likeness (QED) is 0.721. The zero-order valence-electron chi connectivity index (χ0n) is 17.0. The Balaban J connectivity index is 1.46. The van der Waals surface area contributed by atoms with Gasteiger partial charge in [-0.15, -0.1) is 0 Å². The number of hydrogen-bond acceptors (Lipinski definition) is 5. The molecular formula is C22H29N3O3S. The van der Waals surface area contributed by atoms with Crippen LogP contribution in [0.5, 0.6) is 5.75 Å². The van der Waals surface area contributed by atoms with Crippen LogP contribution in [0.15, 0.2) is 41.4 Å². The molecule has 0 atom stereocenters. The number of ether oxygens (including phenoxy) is 1. The summed E-state index contributed by atoms with van der Waals surface area (Å²) in [5.41, 5.74) is 2.59. The SMILES string of the molecule is CCCOc1ccc2c(c1)CCN(c1ccc(S(=O)(=O)N3CCCCC3)cn1)C2. The highest BCUT2D eigenvalue weighted by molar-refractivity contribution is 7.89. The summed E-state index contributed by atoms with van der Waals surface area (Å²) in [4.78, 5) is 6.98. The van der Waals surface area contributed by atoms with E-state index >= 15 is 0 Å². The van der Waals surface area contributed by atoms with E-state index in [-0.39, 0.29) is 0 Å². The lowest BCUT2D eigenvalue weighted by molar-refractivity contribution is 0.317. The van der Waals surface area contributed by atoms with E-state index in [1.165, 1.54) is 17.3 Å². The van der Waals surface area contributed by atoms with Crippen molar-refractivity contribution in [2.24, 2.45) is 0 Å². The minimum atomic E-state index is -3.43. The van der Waals surface area contributed by atoms with E-state index in [0.29, 0.717) is 18.0 Å². The average molecular weight is 416 g/mol. The maximum absolute atomic E-state index is 12.8. The van der Waals surface area contributed by atoms with Crippen LogP contribution in [0.3, 0.4) is 0 Å². The lowest BCUT2D eigenvalue weighted by atomic mass is 9.99. The van der Waals surface area contributed by atoms with Crippen LogP contribution in [0.2, 0.25) is 0 Å². The molecule has 6 nitrogen and oxygen atoms in total. The number of rotatable bonds is 6. The Labute approximate surface area is 173 Å². The zero-order valence-corrected chi connectivity index (χ0v) is 17.8. The molecule has 29 heavy (non-hydrogen) atoms. The van der Waals surface area contributed by atoms with Crippen molar-refractivity contribution in [1.82, 2.24) is 9.29 Å². The van der Waals surface area contributed by atoms with E-state index in [1.54, 1.807) is 10.4 Å². The molecule has 0 unspecified atom stereocenters. The Bertz CT molecular complexity index is 938. The summed E-state index contributed by atoms with van der Waals surface area (Å²) in [6.45, 7) is 5.69. The van der Waals surface area contributed by atoms with Gasteiger partial charge in [-0.1, -0.05) is 19.4 Å². The smallest absolute Gasteiger partial charge is 0.244 e. The number of anilines is 1. The van der Waals surface area contributed by atoms with Gasteiger partial charge in [0.05, 0.1) is 6.61 Å². The minimum absolute atomic E-state index is 0.290. The van der Waals surface area contributed by atoms with Gasteiger partial charge in [-0.3, -0.25) is 0 Å². The molecule has 1 saturated heterocycles. The maximum atomic E-state index is 12.8. The largest absolute Gasteiger partial charge is 0.494 e. The van der Waals surface area contributed by atoms with Gasteiger partial charge in [0.1, 0.15) is 16.5 Å². The molecule has 1 aromatic heterocycles. The number of aromatic nitrogens is 1. The third-order valence-corrected chi connectivity index (χ3v) is 7.54. The van der Waals surface area contributed by atoms with E-state index in [4.69, 9.17) is 4.74 Å². The summed E-state index contributed by atoms with van der Waals surface area (Å²) in [5, 5.41) is 0. The lowest BCUT2D eigenvalue weighted by Crippen LogP contribution is -2.35. The molecule has 0 amide bonds. The monoisotopic (exact) mass is 415 g/mol. The van der Waals surface area contributed by atoms with Gasteiger partial charge in [0.15, 0.2) is 0 Å². The third kappa shape index (κ3) is 4.41. The van der Waals surface area contributed by atoms with Crippen LogP contribution >= 0.6 is 0 Å². The van der Waals surface area contributed by atoms with Crippen molar-refractivity contribution in [2.75, 3.05) is 31.1 Å². The normalized spacial score (nSPS) is 17.8. The van der Waals surface area contributed by atoms with E-state index in [2.05, 4.69) is 28.9 Å². The molecule has 0 bridgehead atoms. The highest BCUT2D eigenvalue weighted by Crippen LogP contribution is 2.27. The van der Waals surface area contributed by atoms with Gasteiger partial charge >= 0.3 is 0 Å². The molecule has 0 aliphatic carbocycles. The summed E-state index contributed by atoms with van der Waals surface area (Å²) in [7, 11) is -3.43. The van der Waals surface area contributed by atoms with Crippen molar-refractivity contribution >= 4 is 15.8 Å². The molecule has 156 valence electrons. The molecule has 0 saturated carbocycles. The standard InChI is InChI=1S/C22H29N3O3S/c1-2-14-28-20-7-6-19-17-24(13-10-18(19)15-20)22-9-8-21(16-23-22)29(26,27)25-11-4-3-5-12-25/h6-9,15-16H,2-5,10-14,17H2,1H3. The van der Waals surface area contributed by atoms with Gasteiger partial charge in [-0.05, 0) is 61.1 Å². The Morgan fingerprint density at radius 1 is 1.03 bits per heavy atom. The van der Waals surface area contributed by atoms with Crippen molar-refractivity contribution in [2.45, 2.75) is 50.5 Å². The molecule has 2 aliphatic heterocycles. The summed E-state index contributed by atoms with van der Waals surface area (Å²) in [6, 6.07) is 9.83. The maximum Gasteiger partial charge on any atom is 0.244 e. The van der Waals surface area contributed by atoms with Crippen LogP contribution in [0.25, 0.3) is 0 Å². The first kappa shape index (κ1) is 20.2. The highest BCUT2D eigenvalue weighted by atomic mass is 32.2. The Morgan fingerprint density at radius 2 is 1.86 bits per heavy atom. The van der Waals surface area contributed by atoms with Gasteiger partial charge in [0, 0.05) is 32.4 Å². The van der Waals surface area contributed by atoms with E-state index in [0.717, 1.165) is 63.4 Å². The highest BCUT2D eigenvalue weighted by Gasteiger charge is 2.26. The number of pyridine rings is 1. The fourth-order valence-electron chi connectivity index (χ4n) is 4.00. The van der Waals surface area contributed by atoms with Gasteiger partial charge in [0.25, 0.3) is 0 Å². The topological polar surface area (TPSA) is 62.7 Å². The van der Waals surface area contributed by atoms with Crippen LogP contribution in [-0.4, -0.2) is 43.9 Å². The van der Waals surface area contributed by atoms with Gasteiger partial charge in [-0.25, -0.2) is 13.4 Å². The molecule has 0 radical (unpaired) electrons. The first-order chi connectivity index (χ1) is 14.1. The molecule has 4 rings (SSSR count). The number of fused-ring (bicyclic) bond motifs is 1. The Morgan fingerprint density at radius 3 is 2.59 bits per heavy atom. The van der Waals surface area contributed by atoms with Crippen molar-refractivity contribution in [3.05, 3.63) is 47.7 Å². The fourth-order valence-corrected chi connectivity index (χ4v) is 5.46. The zero-order chi connectivity index (χ0) is 20.3. The summed E-state index contributed by atoms with van der Waals surface area (Å²) >= 11 is 0. The average Bonchev–Trinajstić information content (AvgIpc) is 2.78. The minimum Gasteiger partial charge on any atom is -0.494 e. The summed E-state index contributed by atoms with van der Waals surface area (Å²) in [6.07, 6.45) is 6.41. The molecule has 2 aliphatic rings. The van der Waals surface area contributed by atoms with Crippen LogP contribution in [0, 0.1) is 0 Å². The van der Waals surface area contributed by atoms with Crippen LogP contribution in [-0.2, 0) is 23.0 Å². The molecule has 1 fully saturated rings. The van der Waals surface area contributed by atoms with Gasteiger partial charge < -0.3 is 9.64 Å². The van der Waals surface area contributed by atoms with E-state index < -0.39 is 10.0 Å². The first-order valence-electron chi connectivity index (χ1n) is 10.5. The summed E-state index contributed by atoms with van der Waals surface area (Å²) < 4.78 is 32.9. The molecule has 0 N–H and O–H groups in total. The molecule has 0 spiro atoms. The first-order valence-corrected chi connectivity index (χ1v) is 12.0. The van der Waals surface area contributed by atoms with Crippen molar-refractivity contribution in [3.8, 4) is 5.75 Å². The predicted molar refractivity (Wildman–Crippen MR) is 114 cm³/mol. The van der Waals surface area contributed by atoms with Crippen molar-refractivity contribution in [3.63, 3.8) is 0 Å². The van der Waals surface area contributed by atoms with Crippen molar-refractivity contribution in [1.29, 1.82) is 0 Å². The number of hydrogen-bond donors (Lipinski definition) is 0. The molecule has 3 heterocycles. The second-order valence-corrected chi connectivity index (χ2v) is 9.71. The van der Waals surface area contributed by atoms with Crippen LogP contribution < -0.4 is 9.64 Å². The summed E-state index contributed by atoms with van der Waals surface area (Å²) in [5.74, 6) is 1.75. The van der Waals surface area contributed by atoms with Crippen LogP contribution in [0.1, 0.15) is 43.7 Å². The predicted octanol–water partition coefficient (Wildman–Crippen LogP) is 3.61. The number of sulfonamides is 1. The fraction of sp³-hybridized carbons (Fsp3) is 0.500. The number of benzene rings is 1. The third-order valence-electron chi connectivity index (χ3n) is 5.66. The number of piperidine rings is 1. The molecule has 1 aromatic carbocycles. The Kier molecular flexibility index (Phi) is 6.06. The van der Waals surface area contributed by atoms with Gasteiger partial charge in [-0.2, -0.15) is 4.31 Å². The number of nitrogens with zero attached hydrogens (tertiary/aromatic N) is 3. The van der Waals surface area contributed by atoms with Gasteiger partial charge in [0.2, 0.25) is 10.0 Å². The molecule has 7 heteroatoms. The van der Waals surface area contributed by atoms with Crippen molar-refractivity contribution < 1.29 is 13.2 Å². The molecular weight excluding hydrogens is 386 g/mol. The Hall–Kier alpha value is -2.12. The second kappa shape index (κ2) is 8.71. The van der Waals surface area contributed by atoms with E-state index in [9.17, 15) is 8.42 Å². The van der Waals surface area contributed by atoms with E-state index in [1.807, 2.05) is 12.1 Å².